The SMILES string of the molecule is CC/C=C/C/C=C/C/C=C/CCCCCCC(=O)NC(COP(=O)(O)OCC[N+](C)(C)C)C(/C=C/CCCCCCCCCCC)OC(=O)CCCCCCCCC/C=C/C/C=C/CC. The van der Waals surface area contributed by atoms with E-state index in [-0.39, 0.29) is 31.5 Å². The number of amides is 1. The van der Waals surface area contributed by atoms with Gasteiger partial charge in [0.15, 0.2) is 0 Å². The van der Waals surface area contributed by atoms with E-state index in [1.165, 1.54) is 64.2 Å². The molecule has 65 heavy (non-hydrogen) atoms. The first-order valence-corrected chi connectivity index (χ1v) is 27.8. The third-order valence-electron chi connectivity index (χ3n) is 11.1. The summed E-state index contributed by atoms with van der Waals surface area (Å²) >= 11 is 0. The molecule has 3 atom stereocenters. The number of phosphoric acid groups is 1. The number of nitrogens with zero attached hydrogens (tertiary/aromatic N) is 1. The Hall–Kier alpha value is -2.55. The third-order valence-corrected chi connectivity index (χ3v) is 12.1. The molecule has 0 saturated carbocycles. The summed E-state index contributed by atoms with van der Waals surface area (Å²) in [6.07, 6.45) is 56.1. The maximum atomic E-state index is 13.4. The summed E-state index contributed by atoms with van der Waals surface area (Å²) in [6, 6.07) is -0.863. The van der Waals surface area contributed by atoms with Crippen LogP contribution >= 0.6 is 7.82 Å². The minimum atomic E-state index is -4.45. The summed E-state index contributed by atoms with van der Waals surface area (Å²) in [7, 11) is 1.46. The van der Waals surface area contributed by atoms with Crippen LogP contribution in [0.3, 0.4) is 0 Å². The lowest BCUT2D eigenvalue weighted by Crippen LogP contribution is -2.47. The fourth-order valence-corrected chi connectivity index (χ4v) is 7.84. The van der Waals surface area contributed by atoms with Gasteiger partial charge < -0.3 is 19.4 Å². The normalized spacial score (nSPS) is 14.5. The van der Waals surface area contributed by atoms with E-state index in [2.05, 4.69) is 86.8 Å². The number of rotatable bonds is 46. The molecule has 0 fully saturated rings. The molecule has 0 aliphatic carbocycles. The second kappa shape index (κ2) is 45.2. The quantitative estimate of drug-likeness (QED) is 0.0206. The van der Waals surface area contributed by atoms with Gasteiger partial charge in [0.25, 0.3) is 0 Å². The average Bonchev–Trinajstić information content (AvgIpc) is 3.26. The van der Waals surface area contributed by atoms with Gasteiger partial charge in [-0.2, -0.15) is 0 Å². The summed E-state index contributed by atoms with van der Waals surface area (Å²) < 4.78 is 30.5. The summed E-state index contributed by atoms with van der Waals surface area (Å²) in [5, 5.41) is 3.02. The van der Waals surface area contributed by atoms with E-state index in [9.17, 15) is 19.0 Å². The highest BCUT2D eigenvalue weighted by molar-refractivity contribution is 7.47. The van der Waals surface area contributed by atoms with E-state index < -0.39 is 20.0 Å². The third kappa shape index (κ3) is 46.4. The van der Waals surface area contributed by atoms with Crippen molar-refractivity contribution >= 4 is 19.7 Å². The van der Waals surface area contributed by atoms with Gasteiger partial charge in [-0.3, -0.25) is 18.6 Å². The molecule has 0 heterocycles. The molecule has 0 saturated heterocycles. The molecule has 10 heteroatoms. The van der Waals surface area contributed by atoms with E-state index in [0.717, 1.165) is 116 Å². The Kier molecular flexibility index (Phi) is 43.5. The van der Waals surface area contributed by atoms with Crippen LogP contribution in [-0.4, -0.2) is 74.3 Å². The van der Waals surface area contributed by atoms with Gasteiger partial charge in [-0.1, -0.05) is 184 Å². The van der Waals surface area contributed by atoms with Crippen LogP contribution in [0.4, 0.5) is 0 Å². The highest BCUT2D eigenvalue weighted by atomic mass is 31.2. The Labute approximate surface area is 400 Å². The topological polar surface area (TPSA) is 111 Å². The van der Waals surface area contributed by atoms with Crippen LogP contribution in [-0.2, 0) is 27.9 Å². The summed E-state index contributed by atoms with van der Waals surface area (Å²) in [5.41, 5.74) is 0. The van der Waals surface area contributed by atoms with Crippen LogP contribution in [0.25, 0.3) is 0 Å². The number of likely N-dealkylation sites (N-methyl/N-ethyl adjacent to an activating group) is 1. The number of hydrogen-bond donors (Lipinski definition) is 2. The van der Waals surface area contributed by atoms with Gasteiger partial charge in [0.1, 0.15) is 19.3 Å². The molecule has 0 rings (SSSR count). The fraction of sp³-hybridized carbons (Fsp3) is 0.745. The number of hydrogen-bond acceptors (Lipinski definition) is 6. The summed E-state index contributed by atoms with van der Waals surface area (Å²) in [6.45, 7) is 6.74. The Morgan fingerprint density at radius 2 is 0.985 bits per heavy atom. The smallest absolute Gasteiger partial charge is 0.456 e. The lowest BCUT2D eigenvalue weighted by atomic mass is 10.1. The number of phosphoric ester groups is 1. The molecule has 0 aromatic rings. The predicted molar refractivity (Wildman–Crippen MR) is 277 cm³/mol. The second-order valence-electron chi connectivity index (χ2n) is 18.6. The number of quaternary nitrogens is 1. The molecule has 0 aromatic heterocycles. The zero-order chi connectivity index (χ0) is 48.0. The van der Waals surface area contributed by atoms with Crippen molar-refractivity contribution in [1.29, 1.82) is 0 Å². The van der Waals surface area contributed by atoms with Crippen molar-refractivity contribution in [3.8, 4) is 0 Å². The molecule has 0 aliphatic rings. The number of esters is 1. The lowest BCUT2D eigenvalue weighted by molar-refractivity contribution is -0.870. The van der Waals surface area contributed by atoms with Crippen molar-refractivity contribution in [2.24, 2.45) is 0 Å². The van der Waals surface area contributed by atoms with Gasteiger partial charge >= 0.3 is 13.8 Å². The van der Waals surface area contributed by atoms with Crippen LogP contribution in [0.15, 0.2) is 72.9 Å². The van der Waals surface area contributed by atoms with E-state index in [1.807, 2.05) is 33.3 Å². The molecular weight excluding hydrogens is 832 g/mol. The van der Waals surface area contributed by atoms with Crippen LogP contribution in [0.1, 0.15) is 213 Å². The van der Waals surface area contributed by atoms with Crippen LogP contribution in [0.5, 0.6) is 0 Å². The van der Waals surface area contributed by atoms with Crippen molar-refractivity contribution in [1.82, 2.24) is 5.32 Å². The van der Waals surface area contributed by atoms with Gasteiger partial charge in [-0.25, -0.2) is 4.57 Å². The van der Waals surface area contributed by atoms with Crippen molar-refractivity contribution < 1.29 is 37.3 Å². The Morgan fingerprint density at radius 1 is 0.554 bits per heavy atom. The van der Waals surface area contributed by atoms with Gasteiger partial charge in [0, 0.05) is 12.8 Å². The van der Waals surface area contributed by atoms with E-state index >= 15 is 0 Å². The lowest BCUT2D eigenvalue weighted by Gasteiger charge is -2.27. The van der Waals surface area contributed by atoms with Gasteiger partial charge in [0.2, 0.25) is 5.91 Å². The number of carbonyl (C=O) groups excluding carboxylic acids is 2. The Balaban J connectivity index is 5.45. The van der Waals surface area contributed by atoms with Crippen molar-refractivity contribution in [3.63, 3.8) is 0 Å². The number of carbonyl (C=O) groups is 2. The Morgan fingerprint density at radius 3 is 1.48 bits per heavy atom. The molecule has 9 nitrogen and oxygen atoms in total. The van der Waals surface area contributed by atoms with Gasteiger partial charge in [0.05, 0.1) is 33.8 Å². The number of nitrogens with one attached hydrogen (secondary N) is 1. The van der Waals surface area contributed by atoms with Gasteiger partial charge in [-0.05, 0) is 89.5 Å². The number of ether oxygens (including phenoxy) is 1. The monoisotopic (exact) mass is 932 g/mol. The molecule has 0 spiro atoms. The first-order valence-electron chi connectivity index (χ1n) is 26.3. The maximum absolute atomic E-state index is 13.4. The van der Waals surface area contributed by atoms with Crippen molar-refractivity contribution in [3.05, 3.63) is 72.9 Å². The minimum absolute atomic E-state index is 0.0314. The second-order valence-corrected chi connectivity index (χ2v) is 20.1. The molecule has 376 valence electrons. The number of allylic oxidation sites excluding steroid dienone is 11. The maximum Gasteiger partial charge on any atom is 0.472 e. The fourth-order valence-electron chi connectivity index (χ4n) is 7.11. The van der Waals surface area contributed by atoms with Crippen LogP contribution in [0.2, 0.25) is 0 Å². The minimum Gasteiger partial charge on any atom is -0.456 e. The highest BCUT2D eigenvalue weighted by Gasteiger charge is 2.30. The average molecular weight is 932 g/mol. The van der Waals surface area contributed by atoms with Crippen molar-refractivity contribution in [2.75, 3.05) is 40.9 Å². The standard InChI is InChI=1S/C55H99N2O7P/c1-7-10-13-16-19-22-25-27-29-32-35-38-41-44-47-54(58)56-52(51-63-65(60,61)62-50-49-57(4,5)6)53(46-43-40-37-34-31-24-21-18-15-12-9-3)64-55(59)48-45-42-39-36-33-30-28-26-23-20-17-14-11-8-2/h10-11,13-14,19-20,22-23,27,29,43,46,52-53H,7-9,12,15-18,21,24-26,28,30-42,44-45,47-51H2,1-6H3,(H-,56,58,60,61)/p+1/b13-10+,14-11+,22-19+,23-20+,29-27+,46-43+. The molecule has 0 aliphatic heterocycles. The largest absolute Gasteiger partial charge is 0.472 e. The molecule has 3 unspecified atom stereocenters. The molecule has 0 aromatic carbocycles. The Bertz CT molecular complexity index is 1350. The molecule has 0 bridgehead atoms. The van der Waals surface area contributed by atoms with E-state index in [4.69, 9.17) is 13.8 Å². The molecular formula is C55H100N2O7P+. The summed E-state index contributed by atoms with van der Waals surface area (Å²) in [5.74, 6) is -0.547. The van der Waals surface area contributed by atoms with Crippen molar-refractivity contribution in [2.45, 2.75) is 226 Å². The predicted octanol–water partition coefficient (Wildman–Crippen LogP) is 15.3. The summed E-state index contributed by atoms with van der Waals surface area (Å²) in [4.78, 5) is 37.4. The molecule has 2 N–H and O–H groups in total. The first kappa shape index (κ1) is 62.4. The zero-order valence-corrected chi connectivity index (χ0v) is 43.6. The molecule has 1 amide bonds. The van der Waals surface area contributed by atoms with Crippen LogP contribution in [0, 0.1) is 0 Å². The van der Waals surface area contributed by atoms with E-state index in [1.54, 1.807) is 0 Å². The number of unbranched alkanes of at least 4 members (excludes halogenated alkanes) is 20. The first-order chi connectivity index (χ1) is 31.4. The van der Waals surface area contributed by atoms with Crippen LogP contribution < -0.4 is 5.32 Å². The van der Waals surface area contributed by atoms with Gasteiger partial charge in [-0.15, -0.1) is 0 Å². The zero-order valence-electron chi connectivity index (χ0n) is 42.7. The molecule has 0 radical (unpaired) electrons. The van der Waals surface area contributed by atoms with E-state index in [0.29, 0.717) is 17.4 Å². The highest BCUT2D eigenvalue weighted by Crippen LogP contribution is 2.43.